The third-order valence-electron chi connectivity index (χ3n) is 2.17. The fraction of sp³-hybridized carbons (Fsp3) is 0.200. The summed E-state index contributed by atoms with van der Waals surface area (Å²) >= 11 is 5.92. The molecule has 0 spiro atoms. The number of nitrogens with two attached hydrogens (primary N) is 1. The zero-order chi connectivity index (χ0) is 13.7. The molecule has 1 aromatic heterocycles. The van der Waals surface area contributed by atoms with Gasteiger partial charge in [-0.15, -0.1) is 5.10 Å². The Hall–Kier alpha value is -2.35. The monoisotopic (exact) mass is 282 g/mol. The van der Waals surface area contributed by atoms with Crippen molar-refractivity contribution >= 4 is 23.5 Å². The van der Waals surface area contributed by atoms with E-state index in [0.717, 1.165) is 5.56 Å². The Morgan fingerprint density at radius 2 is 2.37 bits per heavy atom. The van der Waals surface area contributed by atoms with Crippen LogP contribution in [-0.2, 0) is 11.3 Å². The predicted molar refractivity (Wildman–Crippen MR) is 67.6 cm³/mol. The van der Waals surface area contributed by atoms with Crippen molar-refractivity contribution in [2.45, 2.75) is 6.54 Å². The van der Waals surface area contributed by atoms with Gasteiger partial charge >= 0.3 is 0 Å². The second kappa shape index (κ2) is 6.01. The van der Waals surface area contributed by atoms with Crippen LogP contribution in [0.15, 0.2) is 18.2 Å². The minimum absolute atomic E-state index is 0.198. The molecule has 0 aliphatic rings. The topological polar surface area (TPSA) is 119 Å². The van der Waals surface area contributed by atoms with Crippen molar-refractivity contribution in [3.8, 4) is 5.75 Å². The number of primary amides is 1. The lowest BCUT2D eigenvalue weighted by Crippen LogP contribution is -2.20. The Balaban J connectivity index is 2.08. The lowest BCUT2D eigenvalue weighted by molar-refractivity contribution is -0.119. The first-order valence-electron chi connectivity index (χ1n) is 5.32. The van der Waals surface area contributed by atoms with Crippen molar-refractivity contribution in [3.63, 3.8) is 0 Å². The number of anilines is 1. The van der Waals surface area contributed by atoms with Gasteiger partial charge in [0.15, 0.2) is 6.61 Å². The van der Waals surface area contributed by atoms with E-state index in [-0.39, 0.29) is 6.61 Å². The van der Waals surface area contributed by atoms with Gasteiger partial charge in [-0.3, -0.25) is 4.79 Å². The van der Waals surface area contributed by atoms with Crippen LogP contribution in [0, 0.1) is 0 Å². The van der Waals surface area contributed by atoms with E-state index in [2.05, 4.69) is 25.9 Å². The van der Waals surface area contributed by atoms with E-state index in [1.165, 1.54) is 0 Å². The summed E-state index contributed by atoms with van der Waals surface area (Å²) < 4.78 is 5.29. The molecule has 0 aliphatic heterocycles. The van der Waals surface area contributed by atoms with Crippen molar-refractivity contribution in [2.24, 2.45) is 5.73 Å². The molecule has 4 N–H and O–H groups in total. The van der Waals surface area contributed by atoms with Gasteiger partial charge in [0.2, 0.25) is 0 Å². The summed E-state index contributed by atoms with van der Waals surface area (Å²) in [7, 11) is 0. The van der Waals surface area contributed by atoms with Crippen LogP contribution in [0.1, 0.15) is 5.56 Å². The number of nitrogens with one attached hydrogen (secondary N) is 2. The molecule has 2 rings (SSSR count). The largest absolute Gasteiger partial charge is 0.483 e. The third kappa shape index (κ3) is 3.81. The number of amides is 1. The molecule has 8 nitrogen and oxygen atoms in total. The number of aromatic amines is 1. The van der Waals surface area contributed by atoms with E-state index in [9.17, 15) is 4.79 Å². The average Bonchev–Trinajstić information content (AvgIpc) is 2.88. The second-order valence-electron chi connectivity index (χ2n) is 3.60. The zero-order valence-electron chi connectivity index (χ0n) is 9.76. The quantitative estimate of drug-likeness (QED) is 0.702. The van der Waals surface area contributed by atoms with Gasteiger partial charge in [-0.25, -0.2) is 0 Å². The van der Waals surface area contributed by atoms with Crippen molar-refractivity contribution in [3.05, 3.63) is 28.8 Å². The molecule has 0 fully saturated rings. The van der Waals surface area contributed by atoms with Crippen molar-refractivity contribution in [2.75, 3.05) is 11.9 Å². The lowest BCUT2D eigenvalue weighted by Gasteiger charge is -2.10. The molecule has 0 bridgehead atoms. The highest BCUT2D eigenvalue weighted by molar-refractivity contribution is 6.30. The number of rotatable bonds is 6. The van der Waals surface area contributed by atoms with Crippen molar-refractivity contribution in [1.82, 2.24) is 20.6 Å². The van der Waals surface area contributed by atoms with Crippen molar-refractivity contribution < 1.29 is 9.53 Å². The smallest absolute Gasteiger partial charge is 0.263 e. The molecule has 1 amide bonds. The number of benzene rings is 1. The maximum Gasteiger partial charge on any atom is 0.263 e. The molecular formula is C10H11ClN6O2. The summed E-state index contributed by atoms with van der Waals surface area (Å²) in [6, 6.07) is 5.04. The van der Waals surface area contributed by atoms with Crippen LogP contribution in [0.2, 0.25) is 5.02 Å². The van der Waals surface area contributed by atoms with Crippen LogP contribution in [0.25, 0.3) is 0 Å². The fourth-order valence-corrected chi connectivity index (χ4v) is 1.58. The molecule has 100 valence electrons. The Kier molecular flexibility index (Phi) is 4.14. The molecule has 0 saturated carbocycles. The van der Waals surface area contributed by atoms with Gasteiger partial charge in [0.25, 0.3) is 11.9 Å². The highest BCUT2D eigenvalue weighted by atomic mass is 35.5. The van der Waals surface area contributed by atoms with Gasteiger partial charge in [-0.2, -0.15) is 5.21 Å². The first-order chi connectivity index (χ1) is 9.15. The predicted octanol–water partition coefficient (Wildman–Crippen LogP) is 0.329. The zero-order valence-corrected chi connectivity index (χ0v) is 10.5. The molecule has 19 heavy (non-hydrogen) atoms. The van der Waals surface area contributed by atoms with Crippen LogP contribution < -0.4 is 15.8 Å². The van der Waals surface area contributed by atoms with Gasteiger partial charge in [-0.1, -0.05) is 16.7 Å². The standard InChI is InChI=1S/C10H11ClN6O2/c11-7-1-2-8(19-5-9(12)18)6(3-7)4-13-10-14-16-17-15-10/h1-3H,4-5H2,(H2,12,18)(H2,13,14,15,16,17). The number of nitrogens with zero attached hydrogens (tertiary/aromatic N) is 3. The van der Waals surface area contributed by atoms with E-state index in [1.807, 2.05) is 0 Å². The summed E-state index contributed by atoms with van der Waals surface area (Å²) in [5, 5.41) is 16.7. The Morgan fingerprint density at radius 1 is 1.53 bits per heavy atom. The molecular weight excluding hydrogens is 272 g/mol. The van der Waals surface area contributed by atoms with Crippen LogP contribution in [0.3, 0.4) is 0 Å². The maximum absolute atomic E-state index is 10.7. The molecule has 0 atom stereocenters. The second-order valence-corrected chi connectivity index (χ2v) is 4.03. The number of halogens is 1. The number of H-pyrrole nitrogens is 1. The molecule has 0 unspecified atom stereocenters. The number of carbonyl (C=O) groups is 1. The van der Waals surface area contributed by atoms with Gasteiger partial charge < -0.3 is 15.8 Å². The van der Waals surface area contributed by atoms with Crippen LogP contribution in [-0.4, -0.2) is 33.1 Å². The summed E-state index contributed by atoms with van der Waals surface area (Å²) in [5.74, 6) is 0.312. The molecule has 2 aromatic rings. The minimum Gasteiger partial charge on any atom is -0.483 e. The summed E-state index contributed by atoms with van der Waals surface area (Å²) in [6.07, 6.45) is 0. The highest BCUT2D eigenvalue weighted by Crippen LogP contribution is 2.23. The van der Waals surface area contributed by atoms with Gasteiger partial charge in [0.05, 0.1) is 0 Å². The fourth-order valence-electron chi connectivity index (χ4n) is 1.39. The van der Waals surface area contributed by atoms with E-state index in [4.69, 9.17) is 22.1 Å². The normalized spacial score (nSPS) is 10.2. The van der Waals surface area contributed by atoms with Crippen molar-refractivity contribution in [1.29, 1.82) is 0 Å². The van der Waals surface area contributed by atoms with Crippen LogP contribution in [0.4, 0.5) is 5.95 Å². The van der Waals surface area contributed by atoms with Gasteiger partial charge in [0, 0.05) is 17.1 Å². The number of tetrazole rings is 1. The number of aromatic nitrogens is 4. The molecule has 0 saturated heterocycles. The number of hydrogen-bond acceptors (Lipinski definition) is 6. The first-order valence-corrected chi connectivity index (χ1v) is 5.70. The molecule has 0 aliphatic carbocycles. The Bertz CT molecular complexity index is 559. The van der Waals surface area contributed by atoms with E-state index >= 15 is 0 Å². The third-order valence-corrected chi connectivity index (χ3v) is 2.41. The van der Waals surface area contributed by atoms with Gasteiger partial charge in [0.1, 0.15) is 5.75 Å². The highest BCUT2D eigenvalue weighted by Gasteiger charge is 2.07. The first kappa shape index (κ1) is 13.1. The Labute approximate surface area is 113 Å². The summed E-state index contributed by atoms with van der Waals surface area (Å²) in [6.45, 7) is 0.172. The molecule has 1 heterocycles. The number of hydrogen-bond donors (Lipinski definition) is 3. The van der Waals surface area contributed by atoms with Crippen LogP contribution in [0.5, 0.6) is 5.75 Å². The summed E-state index contributed by atoms with van der Waals surface area (Å²) in [5.41, 5.74) is 5.78. The number of carbonyl (C=O) groups excluding carboxylic acids is 1. The minimum atomic E-state index is -0.549. The summed E-state index contributed by atoms with van der Waals surface area (Å²) in [4.78, 5) is 10.7. The van der Waals surface area contributed by atoms with E-state index in [0.29, 0.717) is 23.3 Å². The van der Waals surface area contributed by atoms with Gasteiger partial charge in [-0.05, 0) is 23.4 Å². The molecule has 0 radical (unpaired) electrons. The average molecular weight is 283 g/mol. The van der Waals surface area contributed by atoms with E-state index < -0.39 is 5.91 Å². The SMILES string of the molecule is NC(=O)COc1ccc(Cl)cc1CNc1nn[nH]n1. The lowest BCUT2D eigenvalue weighted by atomic mass is 10.2. The Morgan fingerprint density at radius 3 is 3.05 bits per heavy atom. The molecule has 9 heteroatoms. The van der Waals surface area contributed by atoms with Crippen LogP contribution >= 0.6 is 11.6 Å². The van der Waals surface area contributed by atoms with E-state index in [1.54, 1.807) is 18.2 Å². The molecule has 1 aromatic carbocycles. The maximum atomic E-state index is 10.7. The number of ether oxygens (including phenoxy) is 1.